The van der Waals surface area contributed by atoms with Gasteiger partial charge in [-0.3, -0.25) is 52.7 Å². The van der Waals surface area contributed by atoms with Crippen LogP contribution in [0.2, 0.25) is 0 Å². The highest BCUT2D eigenvalue weighted by atomic mass is 32.2. The highest BCUT2D eigenvalue weighted by Gasteiger charge is 2.41. The van der Waals surface area contributed by atoms with E-state index in [4.69, 9.17) is 11.5 Å². The van der Waals surface area contributed by atoms with Gasteiger partial charge < -0.3 is 79.1 Å². The molecule has 28 heteroatoms. The van der Waals surface area contributed by atoms with Crippen LogP contribution < -0.4 is 48.7 Å². The number of aromatic hydroxyl groups is 1. The van der Waals surface area contributed by atoms with Crippen LogP contribution in [-0.2, 0) is 64.0 Å². The molecular weight excluding hydrogens is 997 g/mol. The number of nitrogens with zero attached hydrogens (tertiary/aromatic N) is 1. The molecule has 0 bridgehead atoms. The Morgan fingerprint density at radius 3 is 1.59 bits per heavy atom. The Morgan fingerprint density at radius 1 is 0.635 bits per heavy atom. The average Bonchev–Trinajstić information content (AvgIpc) is 3.81. The predicted molar refractivity (Wildman–Crippen MR) is 263 cm³/mol. The van der Waals surface area contributed by atoms with Gasteiger partial charge in [-0.25, -0.2) is 4.79 Å². The van der Waals surface area contributed by atoms with E-state index >= 15 is 0 Å². The van der Waals surface area contributed by atoms with Crippen molar-refractivity contribution in [3.8, 4) is 5.75 Å². The van der Waals surface area contributed by atoms with E-state index < -0.39 is 151 Å². The Kier molecular flexibility index (Phi) is 26.3. The van der Waals surface area contributed by atoms with Gasteiger partial charge in [0.15, 0.2) is 0 Å². The Morgan fingerprint density at radius 2 is 1.09 bits per heavy atom. The van der Waals surface area contributed by atoms with Gasteiger partial charge in [0.1, 0.15) is 54.1 Å². The van der Waals surface area contributed by atoms with Crippen LogP contribution in [0.3, 0.4) is 0 Å². The number of nitrogens with one attached hydrogen (secondary N) is 7. The number of nitrogens with two attached hydrogens (primary N) is 2. The highest BCUT2D eigenvalue weighted by Crippen LogP contribution is 2.21. The van der Waals surface area contributed by atoms with Crippen molar-refractivity contribution in [2.45, 2.75) is 140 Å². The molecule has 1 aromatic carbocycles. The van der Waals surface area contributed by atoms with Gasteiger partial charge >= 0.3 is 17.9 Å². The molecule has 9 amide bonds. The minimum absolute atomic E-state index is 0.0111. The van der Waals surface area contributed by atoms with Crippen molar-refractivity contribution in [2.24, 2.45) is 23.3 Å². The molecule has 9 atom stereocenters. The number of rotatable bonds is 32. The van der Waals surface area contributed by atoms with Crippen LogP contribution in [0.25, 0.3) is 0 Å². The standard InChI is InChI=1S/C46H70N10O17S/c1-22(2)15-26(47)38(64)50-28(18-35(48)59)40(66)55-33(21-57)43(69)51-29(19-36(60)61)41(67)49-27(12-14-74-5)39(65)53-31(17-24-8-10-25(58)11-9-24)45(71)56-13-6-7-34(56)44(70)52-30(20-37(62)63)42(68)54-32(46(72)73)16-23(3)4/h8-11,22-23,26-34,57-58H,6-7,12-21,47H2,1-5H3,(H2,48,59)(H,49,67)(H,50,64)(H,51,69)(H,52,70)(H,53,65)(H,54,68)(H,55,66)(H,60,61)(H,62,63)(H,72,73)/t26-,27-,28-,29-,30-,31-,32-,33-,34-/m0/s1. The van der Waals surface area contributed by atoms with Crippen LogP contribution in [0.15, 0.2) is 24.3 Å². The number of hydrogen-bond acceptors (Lipinski definition) is 16. The van der Waals surface area contributed by atoms with Crippen molar-refractivity contribution in [1.29, 1.82) is 0 Å². The first-order valence-electron chi connectivity index (χ1n) is 23.7. The lowest BCUT2D eigenvalue weighted by molar-refractivity contribution is -0.145. The summed E-state index contributed by atoms with van der Waals surface area (Å²) in [6.45, 7) is 5.78. The van der Waals surface area contributed by atoms with Gasteiger partial charge in [-0.2, -0.15) is 11.8 Å². The molecule has 16 N–H and O–H groups in total. The largest absolute Gasteiger partial charge is 0.508 e. The molecule has 27 nitrogen and oxygen atoms in total. The van der Waals surface area contributed by atoms with E-state index in [-0.39, 0.29) is 68.4 Å². The highest BCUT2D eigenvalue weighted by molar-refractivity contribution is 7.98. The second-order valence-electron chi connectivity index (χ2n) is 18.5. The third kappa shape index (κ3) is 21.6. The zero-order valence-corrected chi connectivity index (χ0v) is 42.6. The number of carboxylic acid groups (broad SMARTS) is 3. The van der Waals surface area contributed by atoms with E-state index in [1.807, 2.05) is 0 Å². The molecule has 0 unspecified atom stereocenters. The summed E-state index contributed by atoms with van der Waals surface area (Å²) in [6, 6.07) is -8.68. The van der Waals surface area contributed by atoms with Crippen molar-refractivity contribution >= 4 is 82.8 Å². The number of hydrogen-bond donors (Lipinski definition) is 14. The molecule has 0 spiro atoms. The van der Waals surface area contributed by atoms with E-state index in [0.717, 1.165) is 4.90 Å². The minimum atomic E-state index is -1.97. The fourth-order valence-corrected chi connectivity index (χ4v) is 8.14. The van der Waals surface area contributed by atoms with Crippen molar-refractivity contribution in [3.63, 3.8) is 0 Å². The third-order valence-electron chi connectivity index (χ3n) is 11.3. The Bertz CT molecular complexity index is 2180. The number of amides is 9. The molecule has 1 heterocycles. The van der Waals surface area contributed by atoms with Crippen molar-refractivity contribution in [3.05, 3.63) is 29.8 Å². The number of phenols is 1. The molecule has 1 aromatic rings. The average molecular weight is 1070 g/mol. The quantitative estimate of drug-likeness (QED) is 0.0331. The molecule has 1 fully saturated rings. The topological polar surface area (TPSA) is 445 Å². The van der Waals surface area contributed by atoms with E-state index in [1.165, 1.54) is 36.0 Å². The molecular formula is C46H70N10O17S. The van der Waals surface area contributed by atoms with Crippen molar-refractivity contribution in [2.75, 3.05) is 25.2 Å². The first-order chi connectivity index (χ1) is 34.7. The fraction of sp³-hybridized carbons (Fsp3) is 0.609. The third-order valence-corrected chi connectivity index (χ3v) is 12.0. The van der Waals surface area contributed by atoms with Crippen LogP contribution in [0.5, 0.6) is 5.75 Å². The molecule has 1 aliphatic rings. The maximum atomic E-state index is 14.5. The van der Waals surface area contributed by atoms with Crippen LogP contribution in [0.1, 0.15) is 84.6 Å². The number of thioether (sulfide) groups is 1. The van der Waals surface area contributed by atoms with Crippen LogP contribution in [0, 0.1) is 11.8 Å². The van der Waals surface area contributed by atoms with Crippen LogP contribution in [-0.4, -0.2) is 181 Å². The number of likely N-dealkylation sites (tertiary alicyclic amines) is 1. The number of primary amides is 1. The lowest BCUT2D eigenvalue weighted by Crippen LogP contribution is -2.61. The summed E-state index contributed by atoms with van der Waals surface area (Å²) in [5, 5.41) is 65.1. The summed E-state index contributed by atoms with van der Waals surface area (Å²) in [6.07, 6.45) is -1.09. The SMILES string of the molecule is CSCC[C@H](NC(=O)[C@H](CC(=O)O)NC(=O)[C@H](CO)NC(=O)[C@H](CC(N)=O)NC(=O)[C@@H](N)CC(C)C)C(=O)N[C@@H](Cc1ccc(O)cc1)C(=O)N1CCC[C@H]1C(=O)N[C@@H](CC(=O)O)C(=O)N[C@@H](CC(C)C)C(=O)O. The van der Waals surface area contributed by atoms with Crippen molar-refractivity contribution in [1.82, 2.24) is 42.1 Å². The zero-order chi connectivity index (χ0) is 56.0. The molecule has 0 saturated carbocycles. The Balaban J connectivity index is 2.42. The number of carbonyl (C=O) groups is 12. The summed E-state index contributed by atoms with van der Waals surface area (Å²) in [4.78, 5) is 158. The number of benzene rings is 1. The van der Waals surface area contributed by atoms with Crippen LogP contribution >= 0.6 is 11.8 Å². The van der Waals surface area contributed by atoms with Gasteiger partial charge in [-0.15, -0.1) is 0 Å². The zero-order valence-electron chi connectivity index (χ0n) is 41.8. The van der Waals surface area contributed by atoms with Crippen LogP contribution in [0.4, 0.5) is 0 Å². The first kappa shape index (κ1) is 63.0. The molecule has 0 radical (unpaired) electrons. The maximum Gasteiger partial charge on any atom is 0.326 e. The summed E-state index contributed by atoms with van der Waals surface area (Å²) in [5.41, 5.74) is 11.6. The number of carboxylic acids is 3. The number of carbonyl (C=O) groups excluding carboxylic acids is 9. The van der Waals surface area contributed by atoms with Gasteiger partial charge in [-0.05, 0) is 73.6 Å². The van der Waals surface area contributed by atoms with Gasteiger partial charge in [-0.1, -0.05) is 39.8 Å². The number of aliphatic hydroxyl groups is 1. The predicted octanol–water partition coefficient (Wildman–Crippen LogP) is -3.61. The van der Waals surface area contributed by atoms with Gasteiger partial charge in [0.2, 0.25) is 53.2 Å². The lowest BCUT2D eigenvalue weighted by Gasteiger charge is -2.31. The number of phenolic OH excluding ortho intramolecular Hbond substituents is 1. The number of aliphatic carboxylic acids is 3. The fourth-order valence-electron chi connectivity index (χ4n) is 7.66. The monoisotopic (exact) mass is 1070 g/mol. The smallest absolute Gasteiger partial charge is 0.326 e. The second-order valence-corrected chi connectivity index (χ2v) is 19.5. The molecule has 0 aliphatic carbocycles. The molecule has 412 valence electrons. The Hall–Kier alpha value is -7.07. The summed E-state index contributed by atoms with van der Waals surface area (Å²) in [5.74, 6) is -14.1. The van der Waals surface area contributed by atoms with E-state index in [1.54, 1.807) is 34.0 Å². The maximum absolute atomic E-state index is 14.5. The van der Waals surface area contributed by atoms with Crippen molar-refractivity contribution < 1.29 is 83.1 Å². The molecule has 1 saturated heterocycles. The number of aliphatic hydroxyl groups excluding tert-OH is 1. The second kappa shape index (κ2) is 30.8. The first-order valence-corrected chi connectivity index (χ1v) is 25.1. The molecule has 1 aliphatic heterocycles. The van der Waals surface area contributed by atoms with Gasteiger partial charge in [0.05, 0.1) is 31.9 Å². The van der Waals surface area contributed by atoms with Gasteiger partial charge in [0.25, 0.3) is 0 Å². The molecule has 74 heavy (non-hydrogen) atoms. The summed E-state index contributed by atoms with van der Waals surface area (Å²) < 4.78 is 0. The molecule has 0 aromatic heterocycles. The van der Waals surface area contributed by atoms with E-state index in [2.05, 4.69) is 37.2 Å². The Labute approximate surface area is 430 Å². The van der Waals surface area contributed by atoms with Gasteiger partial charge in [0, 0.05) is 13.0 Å². The lowest BCUT2D eigenvalue weighted by atomic mass is 10.0. The summed E-state index contributed by atoms with van der Waals surface area (Å²) >= 11 is 1.24. The molecule has 2 rings (SSSR count). The normalized spacial score (nSPS) is 16.4. The summed E-state index contributed by atoms with van der Waals surface area (Å²) in [7, 11) is 0. The minimum Gasteiger partial charge on any atom is -0.508 e. The van der Waals surface area contributed by atoms with E-state index in [0.29, 0.717) is 5.56 Å². The van der Waals surface area contributed by atoms with E-state index in [9.17, 15) is 83.1 Å².